The maximum absolute atomic E-state index is 11.8. The smallest absolute Gasteiger partial charge is 0.238 e. The molecule has 2 rings (SSSR count). The summed E-state index contributed by atoms with van der Waals surface area (Å²) in [6, 6.07) is 0.00782. The SMILES string of the molecule is CC1(CNC(=O)C2CSCN2)CCOCC1. The molecule has 2 aliphatic rings. The van der Waals surface area contributed by atoms with Gasteiger partial charge in [0.15, 0.2) is 0 Å². The predicted molar refractivity (Wildman–Crippen MR) is 65.4 cm³/mol. The standard InChI is InChI=1S/C11H20N2O2S/c1-11(2-4-15-5-3-11)7-12-10(14)9-6-16-8-13-9/h9,13H,2-8H2,1H3,(H,12,14). The Bertz CT molecular complexity index is 248. The molecule has 0 aromatic heterocycles. The van der Waals surface area contributed by atoms with E-state index in [2.05, 4.69) is 17.6 Å². The molecule has 2 saturated heterocycles. The van der Waals surface area contributed by atoms with E-state index in [-0.39, 0.29) is 17.4 Å². The Morgan fingerprint density at radius 3 is 2.94 bits per heavy atom. The molecular formula is C11H20N2O2S. The highest BCUT2D eigenvalue weighted by molar-refractivity contribution is 7.99. The van der Waals surface area contributed by atoms with E-state index in [1.54, 1.807) is 11.8 Å². The van der Waals surface area contributed by atoms with Crippen LogP contribution in [0.5, 0.6) is 0 Å². The Balaban J connectivity index is 1.75. The van der Waals surface area contributed by atoms with E-state index in [9.17, 15) is 4.79 Å². The number of carbonyl (C=O) groups is 1. The van der Waals surface area contributed by atoms with Gasteiger partial charge in [-0.15, -0.1) is 11.8 Å². The van der Waals surface area contributed by atoms with Crippen LogP contribution < -0.4 is 10.6 Å². The van der Waals surface area contributed by atoms with E-state index < -0.39 is 0 Å². The Labute approximate surface area is 101 Å². The Hall–Kier alpha value is -0.260. The van der Waals surface area contributed by atoms with Crippen LogP contribution in [0.3, 0.4) is 0 Å². The van der Waals surface area contributed by atoms with Crippen LogP contribution in [0.1, 0.15) is 19.8 Å². The lowest BCUT2D eigenvalue weighted by Crippen LogP contribution is -2.46. The highest BCUT2D eigenvalue weighted by atomic mass is 32.2. The maximum Gasteiger partial charge on any atom is 0.238 e. The highest BCUT2D eigenvalue weighted by Gasteiger charge is 2.29. The number of ether oxygens (including phenoxy) is 1. The largest absolute Gasteiger partial charge is 0.381 e. The number of amides is 1. The molecule has 0 aliphatic carbocycles. The minimum absolute atomic E-state index is 0.00782. The molecule has 2 N–H and O–H groups in total. The molecule has 0 radical (unpaired) electrons. The zero-order valence-corrected chi connectivity index (χ0v) is 10.6. The number of carbonyl (C=O) groups excluding carboxylic acids is 1. The minimum Gasteiger partial charge on any atom is -0.381 e. The topological polar surface area (TPSA) is 50.4 Å². The van der Waals surface area contributed by atoms with Crippen molar-refractivity contribution in [3.63, 3.8) is 0 Å². The van der Waals surface area contributed by atoms with Crippen molar-refractivity contribution in [2.75, 3.05) is 31.4 Å². The average molecular weight is 244 g/mol. The van der Waals surface area contributed by atoms with Crippen molar-refractivity contribution in [2.45, 2.75) is 25.8 Å². The normalized spacial score (nSPS) is 28.9. The van der Waals surface area contributed by atoms with Crippen LogP contribution in [0.2, 0.25) is 0 Å². The van der Waals surface area contributed by atoms with Gasteiger partial charge in [-0.1, -0.05) is 6.92 Å². The molecule has 1 atom stereocenters. The molecule has 0 spiro atoms. The number of thioether (sulfide) groups is 1. The summed E-state index contributed by atoms with van der Waals surface area (Å²) in [6.07, 6.45) is 2.08. The first-order chi connectivity index (χ1) is 7.70. The number of hydrogen-bond acceptors (Lipinski definition) is 4. The lowest BCUT2D eigenvalue weighted by molar-refractivity contribution is -0.123. The molecule has 5 heteroatoms. The van der Waals surface area contributed by atoms with Crippen molar-refractivity contribution in [3.05, 3.63) is 0 Å². The van der Waals surface area contributed by atoms with Crippen molar-refractivity contribution in [1.29, 1.82) is 0 Å². The van der Waals surface area contributed by atoms with E-state index >= 15 is 0 Å². The van der Waals surface area contributed by atoms with Crippen LogP contribution >= 0.6 is 11.8 Å². The molecule has 2 fully saturated rings. The molecule has 1 amide bonds. The van der Waals surface area contributed by atoms with Gasteiger partial charge < -0.3 is 10.1 Å². The molecule has 4 nitrogen and oxygen atoms in total. The third-order valence-corrected chi connectivity index (χ3v) is 4.36. The van der Waals surface area contributed by atoms with Gasteiger partial charge >= 0.3 is 0 Å². The zero-order chi connectivity index (χ0) is 11.4. The Morgan fingerprint density at radius 1 is 1.56 bits per heavy atom. The quantitative estimate of drug-likeness (QED) is 0.762. The average Bonchev–Trinajstić information content (AvgIpc) is 2.80. The van der Waals surface area contributed by atoms with Crippen molar-refractivity contribution in [1.82, 2.24) is 10.6 Å². The number of nitrogens with one attached hydrogen (secondary N) is 2. The second-order valence-electron chi connectivity index (χ2n) is 4.91. The lowest BCUT2D eigenvalue weighted by Gasteiger charge is -2.33. The third kappa shape index (κ3) is 3.12. The Morgan fingerprint density at radius 2 is 2.31 bits per heavy atom. The fraction of sp³-hybridized carbons (Fsp3) is 0.909. The second kappa shape index (κ2) is 5.38. The maximum atomic E-state index is 11.8. The van der Waals surface area contributed by atoms with E-state index in [0.717, 1.165) is 44.2 Å². The van der Waals surface area contributed by atoms with Crippen LogP contribution in [0.4, 0.5) is 0 Å². The van der Waals surface area contributed by atoms with Gasteiger partial charge in [-0.2, -0.15) is 0 Å². The molecule has 1 unspecified atom stereocenters. The summed E-state index contributed by atoms with van der Waals surface area (Å²) in [6.45, 7) is 4.65. The van der Waals surface area contributed by atoms with Crippen LogP contribution in [-0.2, 0) is 9.53 Å². The molecule has 2 heterocycles. The molecule has 92 valence electrons. The van der Waals surface area contributed by atoms with E-state index in [4.69, 9.17) is 4.74 Å². The molecule has 0 aromatic rings. The van der Waals surface area contributed by atoms with Crippen LogP contribution in [0.15, 0.2) is 0 Å². The minimum atomic E-state index is 0.00782. The van der Waals surface area contributed by atoms with Crippen molar-refractivity contribution >= 4 is 17.7 Å². The van der Waals surface area contributed by atoms with Gasteiger partial charge in [0.25, 0.3) is 0 Å². The van der Waals surface area contributed by atoms with Crippen LogP contribution in [-0.4, -0.2) is 43.3 Å². The first-order valence-electron chi connectivity index (χ1n) is 5.86. The fourth-order valence-electron chi connectivity index (χ4n) is 2.03. The monoisotopic (exact) mass is 244 g/mol. The predicted octanol–water partition coefficient (Wildman–Crippen LogP) is 0.582. The van der Waals surface area contributed by atoms with E-state index in [0.29, 0.717) is 0 Å². The van der Waals surface area contributed by atoms with Gasteiger partial charge in [-0.3, -0.25) is 10.1 Å². The highest BCUT2D eigenvalue weighted by Crippen LogP contribution is 2.28. The van der Waals surface area contributed by atoms with Gasteiger partial charge in [0, 0.05) is 31.4 Å². The molecular weight excluding hydrogens is 224 g/mol. The fourth-order valence-corrected chi connectivity index (χ4v) is 2.97. The summed E-state index contributed by atoms with van der Waals surface area (Å²) in [5.74, 6) is 1.94. The number of rotatable bonds is 3. The van der Waals surface area contributed by atoms with Crippen molar-refractivity contribution in [2.24, 2.45) is 5.41 Å². The summed E-state index contributed by atoms with van der Waals surface area (Å²) >= 11 is 1.78. The summed E-state index contributed by atoms with van der Waals surface area (Å²) in [7, 11) is 0. The first kappa shape index (κ1) is 12.2. The van der Waals surface area contributed by atoms with Gasteiger partial charge in [0.1, 0.15) is 0 Å². The second-order valence-corrected chi connectivity index (χ2v) is 5.94. The first-order valence-corrected chi connectivity index (χ1v) is 7.02. The molecule has 16 heavy (non-hydrogen) atoms. The number of hydrogen-bond donors (Lipinski definition) is 2. The third-order valence-electron chi connectivity index (χ3n) is 3.42. The summed E-state index contributed by atoms with van der Waals surface area (Å²) < 4.78 is 5.34. The molecule has 0 saturated carbocycles. The van der Waals surface area contributed by atoms with Crippen LogP contribution in [0, 0.1) is 5.41 Å². The molecule has 0 bridgehead atoms. The molecule has 0 aromatic carbocycles. The van der Waals surface area contributed by atoms with Crippen molar-refractivity contribution in [3.8, 4) is 0 Å². The van der Waals surface area contributed by atoms with Gasteiger partial charge in [0.05, 0.1) is 6.04 Å². The van der Waals surface area contributed by atoms with Crippen LogP contribution in [0.25, 0.3) is 0 Å². The Kier molecular flexibility index (Phi) is 4.10. The van der Waals surface area contributed by atoms with Gasteiger partial charge in [0.2, 0.25) is 5.91 Å². The zero-order valence-electron chi connectivity index (χ0n) is 9.75. The van der Waals surface area contributed by atoms with E-state index in [1.807, 2.05) is 0 Å². The van der Waals surface area contributed by atoms with Gasteiger partial charge in [-0.05, 0) is 18.3 Å². The lowest BCUT2D eigenvalue weighted by atomic mass is 9.82. The molecule has 2 aliphatic heterocycles. The van der Waals surface area contributed by atoms with E-state index in [1.165, 1.54) is 0 Å². The summed E-state index contributed by atoms with van der Waals surface area (Å²) in [5.41, 5.74) is 0.222. The summed E-state index contributed by atoms with van der Waals surface area (Å²) in [5, 5.41) is 6.25. The van der Waals surface area contributed by atoms with Gasteiger partial charge in [-0.25, -0.2) is 0 Å². The van der Waals surface area contributed by atoms with Crippen molar-refractivity contribution < 1.29 is 9.53 Å². The summed E-state index contributed by atoms with van der Waals surface area (Å²) in [4.78, 5) is 11.8.